The molecule has 0 radical (unpaired) electrons. The smallest absolute Gasteiger partial charge is 0.287 e. The van der Waals surface area contributed by atoms with Crippen molar-refractivity contribution >= 4 is 29.1 Å². The van der Waals surface area contributed by atoms with E-state index in [4.69, 9.17) is 21.1 Å². The summed E-state index contributed by atoms with van der Waals surface area (Å²) in [5.41, 5.74) is 0.820. The van der Waals surface area contributed by atoms with Gasteiger partial charge in [-0.15, -0.1) is 0 Å². The highest BCUT2D eigenvalue weighted by atomic mass is 35.5. The topological polar surface area (TPSA) is 70.4 Å². The number of ketones is 1. The minimum absolute atomic E-state index is 0.0952. The van der Waals surface area contributed by atoms with Crippen LogP contribution in [0.2, 0.25) is 5.02 Å². The lowest BCUT2D eigenvalue weighted by Crippen LogP contribution is -2.21. The van der Waals surface area contributed by atoms with Gasteiger partial charge in [0.1, 0.15) is 11.5 Å². The van der Waals surface area contributed by atoms with Crippen LogP contribution in [-0.4, -0.2) is 34.8 Å². The van der Waals surface area contributed by atoms with Crippen LogP contribution in [-0.2, 0) is 0 Å². The molecule has 2 aromatic carbocycles. The van der Waals surface area contributed by atoms with Gasteiger partial charge in [-0.25, -0.2) is 4.98 Å². The molecule has 3 rings (SSSR count). The third kappa shape index (κ3) is 4.99. The minimum Gasteiger partial charge on any atom is -0.495 e. The van der Waals surface area contributed by atoms with Crippen molar-refractivity contribution in [2.45, 2.75) is 11.9 Å². The summed E-state index contributed by atoms with van der Waals surface area (Å²) in [6, 6.07) is 12.0. The van der Waals surface area contributed by atoms with Crippen LogP contribution in [0.25, 0.3) is 5.69 Å². The van der Waals surface area contributed by atoms with Gasteiger partial charge >= 0.3 is 0 Å². The summed E-state index contributed by atoms with van der Waals surface area (Å²) < 4.78 is 11.9. The number of halogens is 1. The van der Waals surface area contributed by atoms with E-state index in [2.05, 4.69) is 4.98 Å². The van der Waals surface area contributed by atoms with E-state index in [-0.39, 0.29) is 22.1 Å². The van der Waals surface area contributed by atoms with Crippen LogP contribution in [0.15, 0.2) is 64.7 Å². The fourth-order valence-corrected chi connectivity index (χ4v) is 3.67. The number of hydrogen-bond acceptors (Lipinski definition) is 6. The monoisotopic (exact) mass is 430 g/mol. The number of nitrogens with zero attached hydrogens (tertiary/aromatic N) is 2. The summed E-state index contributed by atoms with van der Waals surface area (Å²) in [6.07, 6.45) is 3.07. The second kappa shape index (κ2) is 9.62. The summed E-state index contributed by atoms with van der Waals surface area (Å²) >= 11 is 7.26. The maximum Gasteiger partial charge on any atom is 0.287 e. The van der Waals surface area contributed by atoms with Gasteiger partial charge < -0.3 is 9.47 Å². The second-order valence-electron chi connectivity index (χ2n) is 5.90. The van der Waals surface area contributed by atoms with Gasteiger partial charge in [0.15, 0.2) is 10.8 Å². The summed E-state index contributed by atoms with van der Waals surface area (Å²) in [5, 5.41) is 0.632. The molecule has 0 fully saturated rings. The number of ether oxygens (including phenoxy) is 2. The number of rotatable bonds is 8. The highest BCUT2D eigenvalue weighted by Crippen LogP contribution is 2.26. The summed E-state index contributed by atoms with van der Waals surface area (Å²) in [6.45, 7) is 2.46. The van der Waals surface area contributed by atoms with Gasteiger partial charge in [-0.1, -0.05) is 23.4 Å². The molecule has 0 aliphatic heterocycles. The van der Waals surface area contributed by atoms with Crippen molar-refractivity contribution in [3.8, 4) is 17.2 Å². The zero-order chi connectivity index (χ0) is 20.8. The van der Waals surface area contributed by atoms with Gasteiger partial charge in [0, 0.05) is 18.0 Å². The molecule has 0 aliphatic rings. The molecule has 3 aromatic rings. The van der Waals surface area contributed by atoms with Gasteiger partial charge in [0.2, 0.25) is 0 Å². The average Bonchev–Trinajstić information content (AvgIpc) is 2.73. The van der Waals surface area contributed by atoms with E-state index in [1.54, 1.807) is 48.7 Å². The Kier molecular flexibility index (Phi) is 6.95. The number of hydrogen-bond donors (Lipinski definition) is 0. The van der Waals surface area contributed by atoms with E-state index < -0.39 is 0 Å². The maximum absolute atomic E-state index is 12.8. The summed E-state index contributed by atoms with van der Waals surface area (Å²) in [7, 11) is 1.52. The molecule has 0 spiro atoms. The summed E-state index contributed by atoms with van der Waals surface area (Å²) in [4.78, 5) is 29.3. The van der Waals surface area contributed by atoms with Crippen LogP contribution in [0.1, 0.15) is 17.3 Å². The quantitative estimate of drug-likeness (QED) is 0.392. The van der Waals surface area contributed by atoms with Gasteiger partial charge in [-0.05, 0) is 49.4 Å². The first-order valence-electron chi connectivity index (χ1n) is 8.84. The van der Waals surface area contributed by atoms with E-state index in [1.807, 2.05) is 6.92 Å². The van der Waals surface area contributed by atoms with Crippen LogP contribution in [0.3, 0.4) is 0 Å². The van der Waals surface area contributed by atoms with E-state index in [1.165, 1.54) is 17.9 Å². The number of thioether (sulfide) groups is 1. The zero-order valence-corrected chi connectivity index (χ0v) is 17.5. The molecular weight excluding hydrogens is 412 g/mol. The molecule has 0 saturated carbocycles. The SMILES string of the molecule is CCOc1ccc(C(=O)CSc2nccn(-c3ccc(OC)c(Cl)c3)c2=O)cc1. The highest BCUT2D eigenvalue weighted by molar-refractivity contribution is 7.99. The number of benzene rings is 2. The zero-order valence-electron chi connectivity index (χ0n) is 15.9. The third-order valence-electron chi connectivity index (χ3n) is 4.05. The number of Topliss-reactive ketones (excluding diaryl/α,β-unsaturated/α-hetero) is 1. The molecule has 29 heavy (non-hydrogen) atoms. The Morgan fingerprint density at radius 1 is 1.21 bits per heavy atom. The Morgan fingerprint density at radius 2 is 1.97 bits per heavy atom. The molecule has 1 aromatic heterocycles. The Bertz CT molecular complexity index is 1070. The first kappa shape index (κ1) is 21.0. The van der Waals surface area contributed by atoms with Gasteiger partial charge in [0.05, 0.1) is 30.2 Å². The molecule has 0 atom stereocenters. The maximum atomic E-state index is 12.8. The number of carbonyl (C=O) groups excluding carboxylic acids is 1. The first-order chi connectivity index (χ1) is 14.0. The predicted molar refractivity (Wildman–Crippen MR) is 114 cm³/mol. The van der Waals surface area contributed by atoms with Crippen molar-refractivity contribution < 1.29 is 14.3 Å². The highest BCUT2D eigenvalue weighted by Gasteiger charge is 2.13. The number of aromatic nitrogens is 2. The van der Waals surface area contributed by atoms with Crippen molar-refractivity contribution in [1.29, 1.82) is 0 Å². The average molecular weight is 431 g/mol. The van der Waals surface area contributed by atoms with Crippen LogP contribution in [0.4, 0.5) is 0 Å². The molecule has 0 aliphatic carbocycles. The standard InChI is InChI=1S/C21H19ClN2O4S/c1-3-28-16-7-4-14(5-8-16)18(25)13-29-20-21(26)24(11-10-23-20)15-6-9-19(27-2)17(22)12-15/h4-12H,3,13H2,1-2H3. The van der Waals surface area contributed by atoms with E-state index in [9.17, 15) is 9.59 Å². The Balaban J connectivity index is 1.75. The van der Waals surface area contributed by atoms with Crippen LogP contribution < -0.4 is 15.0 Å². The van der Waals surface area contributed by atoms with Crippen molar-refractivity contribution in [2.24, 2.45) is 0 Å². The number of carbonyl (C=O) groups is 1. The van der Waals surface area contributed by atoms with Crippen LogP contribution in [0.5, 0.6) is 11.5 Å². The molecule has 0 amide bonds. The van der Waals surface area contributed by atoms with Gasteiger partial charge in [-0.2, -0.15) is 0 Å². The van der Waals surface area contributed by atoms with E-state index in [0.29, 0.717) is 34.4 Å². The van der Waals surface area contributed by atoms with E-state index >= 15 is 0 Å². The fraction of sp³-hybridized carbons (Fsp3) is 0.190. The van der Waals surface area contributed by atoms with Gasteiger partial charge in [-0.3, -0.25) is 14.2 Å². The fourth-order valence-electron chi connectivity index (χ4n) is 2.62. The largest absolute Gasteiger partial charge is 0.495 e. The molecule has 0 saturated heterocycles. The lowest BCUT2D eigenvalue weighted by molar-refractivity contribution is 0.102. The van der Waals surface area contributed by atoms with Crippen molar-refractivity contribution in [2.75, 3.05) is 19.5 Å². The van der Waals surface area contributed by atoms with Gasteiger partial charge in [0.25, 0.3) is 5.56 Å². The molecule has 0 unspecified atom stereocenters. The molecule has 0 bridgehead atoms. The Morgan fingerprint density at radius 3 is 2.62 bits per heavy atom. The first-order valence-corrected chi connectivity index (χ1v) is 10.2. The number of methoxy groups -OCH3 is 1. The van der Waals surface area contributed by atoms with Crippen LogP contribution in [0, 0.1) is 0 Å². The predicted octanol–water partition coefficient (Wildman–Crippen LogP) is 4.27. The van der Waals surface area contributed by atoms with Crippen molar-refractivity contribution in [3.05, 3.63) is 75.8 Å². The van der Waals surface area contributed by atoms with Crippen molar-refractivity contribution in [1.82, 2.24) is 9.55 Å². The van der Waals surface area contributed by atoms with Crippen LogP contribution >= 0.6 is 23.4 Å². The molecule has 150 valence electrons. The normalized spacial score (nSPS) is 10.6. The second-order valence-corrected chi connectivity index (χ2v) is 7.27. The molecule has 6 nitrogen and oxygen atoms in total. The Labute approximate surface area is 177 Å². The Hall–Kier alpha value is -2.77. The van der Waals surface area contributed by atoms with E-state index in [0.717, 1.165) is 11.8 Å². The van der Waals surface area contributed by atoms with Crippen molar-refractivity contribution in [3.63, 3.8) is 0 Å². The molecule has 0 N–H and O–H groups in total. The molecule has 1 heterocycles. The summed E-state index contributed by atoms with van der Waals surface area (Å²) in [5.74, 6) is 1.24. The molecular formula is C21H19ClN2O4S. The lowest BCUT2D eigenvalue weighted by Gasteiger charge is -2.09. The lowest BCUT2D eigenvalue weighted by atomic mass is 10.1. The molecule has 8 heteroatoms. The third-order valence-corrected chi connectivity index (χ3v) is 5.31. The minimum atomic E-state index is -0.321.